The van der Waals surface area contributed by atoms with E-state index in [0.29, 0.717) is 17.2 Å². The fourth-order valence-corrected chi connectivity index (χ4v) is 2.75. The number of carbonyl (C=O) groups is 1. The average Bonchev–Trinajstić information content (AvgIpc) is 3.13. The van der Waals surface area contributed by atoms with E-state index in [4.69, 9.17) is 0 Å². The summed E-state index contributed by atoms with van der Waals surface area (Å²) in [5.41, 5.74) is 2.95. The molecule has 1 amide bonds. The van der Waals surface area contributed by atoms with Crippen molar-refractivity contribution in [2.24, 2.45) is 10.9 Å². The maximum Gasteiger partial charge on any atom is 0.221 e. The van der Waals surface area contributed by atoms with Crippen LogP contribution in [0.4, 0.5) is 11.5 Å². The summed E-state index contributed by atoms with van der Waals surface area (Å²) in [7, 11) is 0. The molecule has 1 atom stereocenters. The third kappa shape index (κ3) is 4.52. The first-order valence-corrected chi connectivity index (χ1v) is 9.08. The van der Waals surface area contributed by atoms with Crippen molar-refractivity contribution in [2.75, 3.05) is 17.2 Å². The molecule has 1 aromatic carbocycles. The van der Waals surface area contributed by atoms with E-state index in [9.17, 15) is 9.90 Å². The number of aliphatic imine (C=N–C) groups is 1. The maximum absolute atomic E-state index is 11.3. The van der Waals surface area contributed by atoms with Crippen LogP contribution in [0.1, 0.15) is 20.8 Å². The number of benzene rings is 1. The van der Waals surface area contributed by atoms with Gasteiger partial charge in [-0.25, -0.2) is 9.97 Å². The lowest BCUT2D eigenvalue weighted by Gasteiger charge is -2.13. The van der Waals surface area contributed by atoms with Gasteiger partial charge in [-0.05, 0) is 18.1 Å². The van der Waals surface area contributed by atoms with Gasteiger partial charge in [0.2, 0.25) is 5.91 Å². The summed E-state index contributed by atoms with van der Waals surface area (Å²) < 4.78 is 1.87. The number of nitrogens with zero attached hydrogens (tertiary/aromatic N) is 4. The lowest BCUT2D eigenvalue weighted by Crippen LogP contribution is -2.18. The molecule has 0 fully saturated rings. The first kappa shape index (κ1) is 19.5. The Balaban J connectivity index is 1.93. The second-order valence-electron chi connectivity index (χ2n) is 6.81. The number of rotatable bonds is 7. The maximum atomic E-state index is 11.3. The van der Waals surface area contributed by atoms with E-state index in [1.807, 2.05) is 54.9 Å². The Morgan fingerprint density at radius 2 is 2.21 bits per heavy atom. The Morgan fingerprint density at radius 1 is 1.39 bits per heavy atom. The summed E-state index contributed by atoms with van der Waals surface area (Å²) in [6.07, 6.45) is 6.96. The quantitative estimate of drug-likeness (QED) is 0.432. The van der Waals surface area contributed by atoms with Crippen LogP contribution in [0, 0.1) is 5.92 Å². The molecule has 0 spiro atoms. The molecule has 0 aliphatic rings. The number of nitrogens with one attached hydrogen (secondary N) is 2. The van der Waals surface area contributed by atoms with E-state index in [1.54, 1.807) is 12.5 Å². The Morgan fingerprint density at radius 3 is 2.93 bits per heavy atom. The van der Waals surface area contributed by atoms with E-state index < -0.39 is 0 Å². The van der Waals surface area contributed by atoms with Crippen molar-refractivity contribution in [1.29, 1.82) is 0 Å². The number of hydrogen-bond acceptors (Lipinski definition) is 5. The lowest BCUT2D eigenvalue weighted by atomic mass is 10.1. The molecule has 146 valence electrons. The number of imidazole rings is 1. The molecule has 28 heavy (non-hydrogen) atoms. The summed E-state index contributed by atoms with van der Waals surface area (Å²) in [6.45, 7) is 5.47. The smallest absolute Gasteiger partial charge is 0.221 e. The number of amides is 1. The van der Waals surface area contributed by atoms with Crippen LogP contribution in [0.15, 0.2) is 47.8 Å². The van der Waals surface area contributed by atoms with Gasteiger partial charge in [0.1, 0.15) is 0 Å². The Bertz CT molecular complexity index is 995. The van der Waals surface area contributed by atoms with Crippen molar-refractivity contribution in [2.45, 2.75) is 26.8 Å². The molecule has 3 rings (SSSR count). The van der Waals surface area contributed by atoms with Crippen molar-refractivity contribution in [1.82, 2.24) is 14.4 Å². The van der Waals surface area contributed by atoms with Crippen molar-refractivity contribution in [3.8, 4) is 11.3 Å². The molecule has 0 saturated carbocycles. The Labute approximate surface area is 163 Å². The molecular weight excluding hydrogens is 356 g/mol. The molecule has 0 unspecified atom stereocenters. The van der Waals surface area contributed by atoms with Gasteiger partial charge in [0.25, 0.3) is 0 Å². The van der Waals surface area contributed by atoms with Gasteiger partial charge in [-0.2, -0.15) is 0 Å². The Kier molecular flexibility index (Phi) is 6.00. The van der Waals surface area contributed by atoms with E-state index in [0.717, 1.165) is 11.3 Å². The van der Waals surface area contributed by atoms with Gasteiger partial charge >= 0.3 is 0 Å². The average molecular weight is 380 g/mol. The van der Waals surface area contributed by atoms with Gasteiger partial charge in [-0.3, -0.25) is 9.79 Å². The number of carbonyl (C=O) groups excluding carboxylic acids is 1. The first-order valence-electron chi connectivity index (χ1n) is 9.08. The minimum atomic E-state index is -0.180. The van der Waals surface area contributed by atoms with E-state index >= 15 is 0 Å². The van der Waals surface area contributed by atoms with E-state index in [-0.39, 0.29) is 24.5 Å². The van der Waals surface area contributed by atoms with Gasteiger partial charge < -0.3 is 20.1 Å². The van der Waals surface area contributed by atoms with Crippen LogP contribution in [0.3, 0.4) is 0 Å². The minimum Gasteiger partial charge on any atom is -0.394 e. The Hall–Kier alpha value is -3.26. The zero-order valence-corrected chi connectivity index (χ0v) is 16.1. The molecule has 0 bridgehead atoms. The van der Waals surface area contributed by atoms with Crippen molar-refractivity contribution in [3.63, 3.8) is 0 Å². The molecule has 3 N–H and O–H groups in total. The molecule has 0 aliphatic heterocycles. The van der Waals surface area contributed by atoms with Gasteiger partial charge in [-0.15, -0.1) is 0 Å². The van der Waals surface area contributed by atoms with Crippen molar-refractivity contribution >= 4 is 29.4 Å². The van der Waals surface area contributed by atoms with Crippen LogP contribution in [-0.4, -0.2) is 44.4 Å². The fourth-order valence-electron chi connectivity index (χ4n) is 2.75. The number of aliphatic hydroxyl groups excluding tert-OH is 1. The van der Waals surface area contributed by atoms with E-state index in [2.05, 4.69) is 25.6 Å². The van der Waals surface area contributed by atoms with Gasteiger partial charge in [0.05, 0.1) is 24.7 Å². The summed E-state index contributed by atoms with van der Waals surface area (Å²) in [4.78, 5) is 24.7. The summed E-state index contributed by atoms with van der Waals surface area (Å²) in [5.74, 6) is 0.652. The molecule has 2 heterocycles. The molecule has 8 nitrogen and oxygen atoms in total. The standard InChI is InChI=1S/C20H24N6O2/c1-13(2)18(11-27)22-12-23-19-20-21-7-8-26(20)10-17(25-19)15-5-4-6-16(9-15)24-14(3)28/h4-10,12-13,18,27H,11H2,1-3H3,(H,24,28)(H,22,23,25)/t18-/m1/s1. The SMILES string of the molecule is CC(=O)Nc1cccc(-c2cn3ccnc3c(NC=N[C@H](CO)C(C)C)n2)c1. The lowest BCUT2D eigenvalue weighted by molar-refractivity contribution is -0.114. The third-order valence-corrected chi connectivity index (χ3v) is 4.28. The second-order valence-corrected chi connectivity index (χ2v) is 6.81. The highest BCUT2D eigenvalue weighted by Gasteiger charge is 2.11. The molecule has 8 heteroatoms. The number of aliphatic hydroxyl groups is 1. The molecular formula is C20H24N6O2. The van der Waals surface area contributed by atoms with Crippen LogP contribution in [0.5, 0.6) is 0 Å². The summed E-state index contributed by atoms with van der Waals surface area (Å²) in [6, 6.07) is 7.30. The van der Waals surface area contributed by atoms with E-state index in [1.165, 1.54) is 6.92 Å². The molecule has 2 aromatic heterocycles. The topological polar surface area (TPSA) is 104 Å². The normalized spacial score (nSPS) is 12.6. The van der Waals surface area contributed by atoms with Crippen LogP contribution < -0.4 is 10.6 Å². The zero-order valence-electron chi connectivity index (χ0n) is 16.1. The fraction of sp³-hybridized carbons (Fsp3) is 0.300. The highest BCUT2D eigenvalue weighted by atomic mass is 16.3. The zero-order chi connectivity index (χ0) is 20.1. The van der Waals surface area contributed by atoms with Crippen LogP contribution in [0.2, 0.25) is 0 Å². The largest absolute Gasteiger partial charge is 0.394 e. The summed E-state index contributed by atoms with van der Waals surface area (Å²) >= 11 is 0. The third-order valence-electron chi connectivity index (χ3n) is 4.28. The predicted molar refractivity (Wildman–Crippen MR) is 111 cm³/mol. The number of anilines is 2. The van der Waals surface area contributed by atoms with Crippen molar-refractivity contribution in [3.05, 3.63) is 42.9 Å². The summed E-state index contributed by atoms with van der Waals surface area (Å²) in [5, 5.41) is 15.3. The van der Waals surface area contributed by atoms with Gasteiger partial charge in [0.15, 0.2) is 11.5 Å². The number of aromatic nitrogens is 3. The van der Waals surface area contributed by atoms with Crippen LogP contribution >= 0.6 is 0 Å². The monoisotopic (exact) mass is 380 g/mol. The first-order chi connectivity index (χ1) is 13.5. The highest BCUT2D eigenvalue weighted by Crippen LogP contribution is 2.24. The second kappa shape index (κ2) is 8.62. The minimum absolute atomic E-state index is 0.0158. The van der Waals surface area contributed by atoms with Crippen molar-refractivity contribution < 1.29 is 9.90 Å². The highest BCUT2D eigenvalue weighted by molar-refractivity contribution is 5.89. The number of hydrogen-bond donors (Lipinski definition) is 3. The van der Waals surface area contributed by atoms with Gasteiger partial charge in [-0.1, -0.05) is 26.0 Å². The molecule has 0 radical (unpaired) electrons. The molecule has 0 aliphatic carbocycles. The number of fused-ring (bicyclic) bond motifs is 1. The van der Waals surface area contributed by atoms with Gasteiger partial charge in [0, 0.05) is 36.8 Å². The molecule has 3 aromatic rings. The van der Waals surface area contributed by atoms with Crippen LogP contribution in [-0.2, 0) is 4.79 Å². The van der Waals surface area contributed by atoms with Crippen LogP contribution in [0.25, 0.3) is 16.9 Å². The molecule has 0 saturated heterocycles. The predicted octanol–water partition coefficient (Wildman–Crippen LogP) is 2.81.